The molecule has 17 heavy (non-hydrogen) atoms. The predicted octanol–water partition coefficient (Wildman–Crippen LogP) is 2.45. The van der Waals surface area contributed by atoms with Gasteiger partial charge in [-0.2, -0.15) is 0 Å². The summed E-state index contributed by atoms with van der Waals surface area (Å²) in [7, 11) is 0. The van der Waals surface area contributed by atoms with E-state index < -0.39 is 11.1 Å². The Kier molecular flexibility index (Phi) is 3.04. The van der Waals surface area contributed by atoms with Gasteiger partial charge < -0.3 is 4.74 Å². The summed E-state index contributed by atoms with van der Waals surface area (Å²) in [6, 6.07) is 2.10. The van der Waals surface area contributed by atoms with E-state index in [1.807, 2.05) is 33.1 Å². The molecule has 1 N–H and O–H groups in total. The zero-order valence-corrected chi connectivity index (χ0v) is 11.6. The summed E-state index contributed by atoms with van der Waals surface area (Å²) in [6.45, 7) is 8.42. The van der Waals surface area contributed by atoms with Crippen molar-refractivity contribution >= 4 is 17.3 Å². The van der Waals surface area contributed by atoms with Gasteiger partial charge in [-0.1, -0.05) is 0 Å². The van der Waals surface area contributed by atoms with Gasteiger partial charge in [0.2, 0.25) is 0 Å². The van der Waals surface area contributed by atoms with Gasteiger partial charge in [0.25, 0.3) is 0 Å². The molecule has 1 aliphatic heterocycles. The Balaban J connectivity index is 2.30. The fourth-order valence-electron chi connectivity index (χ4n) is 2.04. The molecule has 1 aliphatic rings. The number of nitrogens with one attached hydrogen (secondary N) is 1. The summed E-state index contributed by atoms with van der Waals surface area (Å²) < 4.78 is 5.51. The first-order valence-electron chi connectivity index (χ1n) is 5.88. The molecular formula is C13H19NO2S. The topological polar surface area (TPSA) is 38.3 Å². The molecule has 2 rings (SSSR count). The second-order valence-corrected chi connectivity index (χ2v) is 6.49. The van der Waals surface area contributed by atoms with Crippen molar-refractivity contribution in [3.63, 3.8) is 0 Å². The van der Waals surface area contributed by atoms with Gasteiger partial charge in [-0.3, -0.25) is 5.32 Å². The zero-order chi connectivity index (χ0) is 12.7. The summed E-state index contributed by atoms with van der Waals surface area (Å²) in [5, 5.41) is 5.34. The molecule has 94 valence electrons. The lowest BCUT2D eigenvalue weighted by molar-refractivity contribution is -0.163. The van der Waals surface area contributed by atoms with Crippen LogP contribution in [-0.4, -0.2) is 18.1 Å². The Morgan fingerprint density at radius 3 is 2.88 bits per heavy atom. The van der Waals surface area contributed by atoms with Crippen LogP contribution < -0.4 is 5.32 Å². The van der Waals surface area contributed by atoms with Gasteiger partial charge in [-0.05, 0) is 51.1 Å². The Labute approximate surface area is 106 Å². The maximum atomic E-state index is 12.3. The van der Waals surface area contributed by atoms with E-state index >= 15 is 0 Å². The van der Waals surface area contributed by atoms with Gasteiger partial charge >= 0.3 is 5.97 Å². The quantitative estimate of drug-likeness (QED) is 0.781. The molecule has 0 radical (unpaired) electrons. The van der Waals surface area contributed by atoms with E-state index in [-0.39, 0.29) is 5.97 Å². The average Bonchev–Trinajstić information content (AvgIpc) is 2.64. The molecule has 0 aliphatic carbocycles. The largest absolute Gasteiger partial charge is 0.458 e. The second kappa shape index (κ2) is 4.10. The molecule has 0 fully saturated rings. The molecule has 1 atom stereocenters. The number of hydrogen-bond acceptors (Lipinski definition) is 4. The Bertz CT molecular complexity index is 433. The molecule has 1 unspecified atom stereocenters. The summed E-state index contributed by atoms with van der Waals surface area (Å²) in [4.78, 5) is 13.4. The van der Waals surface area contributed by atoms with E-state index in [0.717, 1.165) is 17.8 Å². The number of rotatable bonds is 1. The lowest BCUT2D eigenvalue weighted by atomic mass is 9.91. The summed E-state index contributed by atoms with van der Waals surface area (Å²) >= 11 is 1.62. The number of fused-ring (bicyclic) bond motifs is 1. The van der Waals surface area contributed by atoms with E-state index in [2.05, 4.69) is 11.4 Å². The average molecular weight is 253 g/mol. The van der Waals surface area contributed by atoms with Crippen LogP contribution in [0.4, 0.5) is 0 Å². The van der Waals surface area contributed by atoms with Crippen LogP contribution in [0.25, 0.3) is 0 Å². The van der Waals surface area contributed by atoms with Gasteiger partial charge in [0, 0.05) is 11.4 Å². The minimum absolute atomic E-state index is 0.187. The van der Waals surface area contributed by atoms with Crippen molar-refractivity contribution in [1.82, 2.24) is 5.32 Å². The first-order chi connectivity index (χ1) is 7.83. The molecule has 0 aromatic carbocycles. The lowest BCUT2D eigenvalue weighted by Crippen LogP contribution is -2.52. The van der Waals surface area contributed by atoms with Crippen LogP contribution in [0.5, 0.6) is 0 Å². The first-order valence-corrected chi connectivity index (χ1v) is 6.76. The highest BCUT2D eigenvalue weighted by molar-refractivity contribution is 7.10. The molecule has 0 amide bonds. The minimum Gasteiger partial charge on any atom is -0.458 e. The highest BCUT2D eigenvalue weighted by Crippen LogP contribution is 2.34. The summed E-state index contributed by atoms with van der Waals surface area (Å²) in [5.74, 6) is -0.187. The summed E-state index contributed by atoms with van der Waals surface area (Å²) in [6.07, 6.45) is 0.983. The Morgan fingerprint density at radius 1 is 1.53 bits per heavy atom. The number of hydrogen-bond donors (Lipinski definition) is 1. The normalized spacial score (nSPS) is 24.2. The van der Waals surface area contributed by atoms with Crippen LogP contribution in [0.15, 0.2) is 11.4 Å². The first kappa shape index (κ1) is 12.6. The SMILES string of the molecule is CC(C)(C)OC(=O)C1(C)NCCc2ccsc21. The Hall–Kier alpha value is -0.870. The third kappa shape index (κ3) is 2.38. The Morgan fingerprint density at radius 2 is 2.24 bits per heavy atom. The molecule has 4 heteroatoms. The minimum atomic E-state index is -0.685. The summed E-state index contributed by atoms with van der Waals surface area (Å²) in [5.41, 5.74) is 0.133. The smallest absolute Gasteiger partial charge is 0.332 e. The van der Waals surface area contributed by atoms with Crippen LogP contribution in [0, 0.1) is 0 Å². The van der Waals surface area contributed by atoms with E-state index in [4.69, 9.17) is 4.74 Å². The molecular weight excluding hydrogens is 234 g/mol. The van der Waals surface area contributed by atoms with Crippen LogP contribution in [0.1, 0.15) is 38.1 Å². The fraction of sp³-hybridized carbons (Fsp3) is 0.615. The van der Waals surface area contributed by atoms with Gasteiger partial charge in [0.1, 0.15) is 11.1 Å². The molecule has 0 saturated heterocycles. The third-order valence-corrected chi connectivity index (χ3v) is 4.06. The molecule has 0 bridgehead atoms. The van der Waals surface area contributed by atoms with Crippen molar-refractivity contribution in [1.29, 1.82) is 0 Å². The van der Waals surface area contributed by atoms with Crippen molar-refractivity contribution in [3.8, 4) is 0 Å². The number of esters is 1. The van der Waals surface area contributed by atoms with Crippen LogP contribution >= 0.6 is 11.3 Å². The fourth-order valence-corrected chi connectivity index (χ4v) is 3.12. The van der Waals surface area contributed by atoms with E-state index in [0.29, 0.717) is 0 Å². The van der Waals surface area contributed by atoms with Crippen LogP contribution in [0.2, 0.25) is 0 Å². The van der Waals surface area contributed by atoms with Crippen LogP contribution in [0.3, 0.4) is 0 Å². The van der Waals surface area contributed by atoms with E-state index in [1.165, 1.54) is 5.56 Å². The molecule has 0 saturated carbocycles. The van der Waals surface area contributed by atoms with Crippen molar-refractivity contribution in [3.05, 3.63) is 21.9 Å². The number of ether oxygens (including phenoxy) is 1. The maximum absolute atomic E-state index is 12.3. The van der Waals surface area contributed by atoms with Gasteiger partial charge in [-0.15, -0.1) is 11.3 Å². The number of carbonyl (C=O) groups is 1. The standard InChI is InChI=1S/C13H19NO2S/c1-12(2,3)16-11(15)13(4)10-9(5-7-14-13)6-8-17-10/h6,8,14H,5,7H2,1-4H3. The number of thiophene rings is 1. The second-order valence-electron chi connectivity index (χ2n) is 5.58. The highest BCUT2D eigenvalue weighted by atomic mass is 32.1. The monoisotopic (exact) mass is 253 g/mol. The van der Waals surface area contributed by atoms with Gasteiger partial charge in [0.15, 0.2) is 0 Å². The molecule has 0 spiro atoms. The van der Waals surface area contributed by atoms with Crippen molar-refractivity contribution in [2.75, 3.05) is 6.54 Å². The molecule has 2 heterocycles. The highest BCUT2D eigenvalue weighted by Gasteiger charge is 2.42. The van der Waals surface area contributed by atoms with Gasteiger partial charge in [0.05, 0.1) is 0 Å². The van der Waals surface area contributed by atoms with E-state index in [1.54, 1.807) is 11.3 Å². The zero-order valence-electron chi connectivity index (χ0n) is 10.8. The predicted molar refractivity (Wildman–Crippen MR) is 69.2 cm³/mol. The van der Waals surface area contributed by atoms with Crippen molar-refractivity contribution in [2.45, 2.75) is 45.3 Å². The molecule has 3 nitrogen and oxygen atoms in total. The third-order valence-electron chi connectivity index (χ3n) is 2.88. The molecule has 1 aromatic rings. The maximum Gasteiger partial charge on any atom is 0.332 e. The van der Waals surface area contributed by atoms with Crippen LogP contribution in [-0.2, 0) is 21.5 Å². The van der Waals surface area contributed by atoms with Gasteiger partial charge in [-0.25, -0.2) is 4.79 Å². The van der Waals surface area contributed by atoms with Crippen molar-refractivity contribution in [2.24, 2.45) is 0 Å². The molecule has 1 aromatic heterocycles. The number of carbonyl (C=O) groups excluding carboxylic acids is 1. The van der Waals surface area contributed by atoms with Crippen molar-refractivity contribution < 1.29 is 9.53 Å². The lowest BCUT2D eigenvalue weighted by Gasteiger charge is -2.35. The van der Waals surface area contributed by atoms with E-state index in [9.17, 15) is 4.79 Å².